The van der Waals surface area contributed by atoms with Gasteiger partial charge in [-0.05, 0) is 72.3 Å². The highest BCUT2D eigenvalue weighted by molar-refractivity contribution is 6.12. The molecule has 0 fully saturated rings. The zero-order chi connectivity index (χ0) is 31.2. The number of hydrogen-bond acceptors (Lipinski definition) is 4. The summed E-state index contributed by atoms with van der Waals surface area (Å²) in [4.78, 5) is 47.1. The van der Waals surface area contributed by atoms with Crippen molar-refractivity contribution in [3.05, 3.63) is 95.8 Å². The summed E-state index contributed by atoms with van der Waals surface area (Å²) in [7, 11) is 0. The van der Waals surface area contributed by atoms with E-state index in [1.54, 1.807) is 35.2 Å². The molecule has 4 aromatic carbocycles. The van der Waals surface area contributed by atoms with E-state index in [2.05, 4.69) is 27.5 Å². The Morgan fingerprint density at radius 1 is 0.822 bits per heavy atom. The normalized spacial score (nSPS) is 14.3. The van der Waals surface area contributed by atoms with Gasteiger partial charge in [-0.3, -0.25) is 14.4 Å². The van der Waals surface area contributed by atoms with Gasteiger partial charge < -0.3 is 30.6 Å². The Labute approximate surface area is 259 Å². The van der Waals surface area contributed by atoms with Crippen LogP contribution in [0.3, 0.4) is 0 Å². The summed E-state index contributed by atoms with van der Waals surface area (Å²) in [6, 6.07) is 24.0. The second kappa shape index (κ2) is 11.2. The number of H-pyrrole nitrogens is 2. The minimum atomic E-state index is -0.305. The van der Waals surface area contributed by atoms with E-state index in [4.69, 9.17) is 0 Å². The van der Waals surface area contributed by atoms with Gasteiger partial charge in [-0.25, -0.2) is 0 Å². The van der Waals surface area contributed by atoms with Crippen LogP contribution in [0.5, 0.6) is 5.75 Å². The number of aromatic hydroxyl groups is 1. The number of anilines is 3. The lowest BCUT2D eigenvalue weighted by Crippen LogP contribution is -2.30. The van der Waals surface area contributed by atoms with Crippen molar-refractivity contribution >= 4 is 67.4 Å². The third-order valence-electron chi connectivity index (χ3n) is 8.62. The van der Waals surface area contributed by atoms with Gasteiger partial charge in [-0.15, -0.1) is 0 Å². The lowest BCUT2D eigenvalue weighted by atomic mass is 9.93. The Bertz CT molecular complexity index is 2140. The molecule has 0 bridgehead atoms. The number of nitrogens with zero attached hydrogens (tertiary/aromatic N) is 1. The third-order valence-corrected chi connectivity index (χ3v) is 8.62. The highest BCUT2D eigenvalue weighted by atomic mass is 16.3. The Hall–Kier alpha value is -5.57. The van der Waals surface area contributed by atoms with Gasteiger partial charge in [0.15, 0.2) is 0 Å². The average molecular weight is 600 g/mol. The number of carbonyl (C=O) groups excluding carboxylic acids is 3. The number of hydrogen-bond donors (Lipinski definition) is 5. The van der Waals surface area contributed by atoms with E-state index < -0.39 is 0 Å². The first-order valence-electron chi connectivity index (χ1n) is 15.3. The predicted octanol–water partition coefficient (Wildman–Crippen LogP) is 7.65. The summed E-state index contributed by atoms with van der Waals surface area (Å²) in [6.07, 6.45) is 2.09. The summed E-state index contributed by atoms with van der Waals surface area (Å²) in [5, 5.41) is 20.0. The maximum absolute atomic E-state index is 13.9. The highest BCUT2D eigenvalue weighted by Crippen LogP contribution is 2.46. The van der Waals surface area contributed by atoms with Crippen LogP contribution >= 0.6 is 0 Å². The van der Waals surface area contributed by atoms with Crippen LogP contribution in [-0.4, -0.2) is 39.3 Å². The molecule has 1 atom stereocenters. The molecule has 3 heterocycles. The van der Waals surface area contributed by atoms with Crippen molar-refractivity contribution < 1.29 is 19.5 Å². The number of fused-ring (bicyclic) bond motifs is 5. The molecule has 45 heavy (non-hydrogen) atoms. The fraction of sp³-hybridized carbons (Fsp3) is 0.194. The topological polar surface area (TPSA) is 130 Å². The summed E-state index contributed by atoms with van der Waals surface area (Å²) < 4.78 is 0. The van der Waals surface area contributed by atoms with Gasteiger partial charge in [0.25, 0.3) is 11.8 Å². The molecule has 9 nitrogen and oxygen atoms in total. The van der Waals surface area contributed by atoms with Crippen molar-refractivity contribution in [2.75, 3.05) is 22.1 Å². The van der Waals surface area contributed by atoms with E-state index in [0.717, 1.165) is 56.7 Å². The minimum Gasteiger partial charge on any atom is -0.507 e. The van der Waals surface area contributed by atoms with Crippen molar-refractivity contribution in [3.8, 4) is 5.75 Å². The molecule has 0 aliphatic carbocycles. The molecule has 5 N–H and O–H groups in total. The molecule has 0 saturated heterocycles. The number of rotatable bonds is 7. The molecule has 3 amide bonds. The molecule has 2 aromatic heterocycles. The van der Waals surface area contributed by atoms with Crippen LogP contribution in [0.1, 0.15) is 65.6 Å². The second-order valence-corrected chi connectivity index (χ2v) is 11.6. The first-order chi connectivity index (χ1) is 21.8. The SMILES string of the molecule is CCCC(=O)Nc1ccc2[nH]c(C(=O)Nc3ccc4[nH]c(C(=O)N5CC(CC)c6c5cc(O)c5ccccc65)cc4c3)cc2c1. The molecule has 9 heteroatoms. The molecule has 0 saturated carbocycles. The van der Waals surface area contributed by atoms with Gasteiger partial charge in [-0.1, -0.05) is 38.1 Å². The number of carbonyl (C=O) groups is 3. The molecule has 7 rings (SSSR count). The standard InChI is InChI=1S/C36H33N5O4/c1-3-7-33(43)37-23-10-12-27-21(14-23)16-29(39-27)35(44)38-24-11-13-28-22(15-24)17-30(40-28)36(45)41-19-20(4-2)34-26-9-6-5-8-25(26)32(42)18-31(34)41/h5-6,8-18,20,39-40,42H,3-4,7,19H2,1-2H3,(H,37,43)(H,38,44). The van der Waals surface area contributed by atoms with E-state index >= 15 is 0 Å². The first kappa shape index (κ1) is 28.2. The van der Waals surface area contributed by atoms with Crippen molar-refractivity contribution in [2.24, 2.45) is 0 Å². The zero-order valence-electron chi connectivity index (χ0n) is 25.0. The monoisotopic (exact) mass is 599 g/mol. The number of amides is 3. The number of phenolic OH excluding ortho intramolecular Hbond substituents is 1. The average Bonchev–Trinajstić information content (AvgIpc) is 3.75. The predicted molar refractivity (Wildman–Crippen MR) is 178 cm³/mol. The largest absolute Gasteiger partial charge is 0.507 e. The van der Waals surface area contributed by atoms with Gasteiger partial charge in [0.2, 0.25) is 5.91 Å². The zero-order valence-corrected chi connectivity index (χ0v) is 25.0. The van der Waals surface area contributed by atoms with E-state index in [9.17, 15) is 19.5 Å². The number of phenols is 1. The highest BCUT2D eigenvalue weighted by Gasteiger charge is 2.35. The second-order valence-electron chi connectivity index (χ2n) is 11.6. The van der Waals surface area contributed by atoms with Gasteiger partial charge in [0, 0.05) is 63.5 Å². The van der Waals surface area contributed by atoms with E-state index in [0.29, 0.717) is 35.7 Å². The van der Waals surface area contributed by atoms with Crippen LogP contribution < -0.4 is 15.5 Å². The molecule has 1 unspecified atom stereocenters. The molecule has 1 aliphatic rings. The van der Waals surface area contributed by atoms with E-state index in [1.165, 1.54) is 0 Å². The summed E-state index contributed by atoms with van der Waals surface area (Å²) in [5.41, 5.74) is 5.48. The van der Waals surface area contributed by atoms with Crippen molar-refractivity contribution in [1.82, 2.24) is 9.97 Å². The number of aromatic nitrogens is 2. The fourth-order valence-electron chi connectivity index (χ4n) is 6.40. The minimum absolute atomic E-state index is 0.0429. The maximum Gasteiger partial charge on any atom is 0.274 e. The Morgan fingerprint density at radius 3 is 2.16 bits per heavy atom. The van der Waals surface area contributed by atoms with E-state index in [1.807, 2.05) is 55.5 Å². The fourth-order valence-corrected chi connectivity index (χ4v) is 6.40. The van der Waals surface area contributed by atoms with Crippen LogP contribution in [0.2, 0.25) is 0 Å². The summed E-state index contributed by atoms with van der Waals surface area (Å²) in [6.45, 7) is 4.60. The molecule has 0 radical (unpaired) electrons. The molecule has 226 valence electrons. The maximum atomic E-state index is 13.9. The Morgan fingerprint density at radius 2 is 1.47 bits per heavy atom. The summed E-state index contributed by atoms with van der Waals surface area (Å²) in [5.74, 6) is -0.201. The van der Waals surface area contributed by atoms with Crippen molar-refractivity contribution in [3.63, 3.8) is 0 Å². The van der Waals surface area contributed by atoms with Crippen LogP contribution in [0.15, 0.2) is 78.9 Å². The Balaban J connectivity index is 1.12. The van der Waals surface area contributed by atoms with Crippen LogP contribution in [0.25, 0.3) is 32.6 Å². The van der Waals surface area contributed by atoms with Crippen molar-refractivity contribution in [2.45, 2.75) is 39.0 Å². The van der Waals surface area contributed by atoms with Crippen LogP contribution in [-0.2, 0) is 4.79 Å². The van der Waals surface area contributed by atoms with Gasteiger partial charge >= 0.3 is 0 Å². The number of aromatic amines is 2. The van der Waals surface area contributed by atoms with Gasteiger partial charge in [0.1, 0.15) is 17.1 Å². The van der Waals surface area contributed by atoms with Crippen LogP contribution in [0, 0.1) is 0 Å². The molecule has 1 aliphatic heterocycles. The first-order valence-corrected chi connectivity index (χ1v) is 15.3. The smallest absolute Gasteiger partial charge is 0.274 e. The number of benzene rings is 4. The molecule has 6 aromatic rings. The van der Waals surface area contributed by atoms with Crippen LogP contribution in [0.4, 0.5) is 17.1 Å². The third kappa shape index (κ3) is 5.06. The molecule has 0 spiro atoms. The lowest BCUT2D eigenvalue weighted by Gasteiger charge is -2.17. The van der Waals surface area contributed by atoms with E-state index in [-0.39, 0.29) is 29.4 Å². The lowest BCUT2D eigenvalue weighted by molar-refractivity contribution is -0.116. The number of nitrogens with one attached hydrogen (secondary N) is 4. The van der Waals surface area contributed by atoms with Gasteiger partial charge in [-0.2, -0.15) is 0 Å². The molecular weight excluding hydrogens is 566 g/mol. The Kier molecular flexibility index (Phi) is 7.00. The molecular formula is C36H33N5O4. The van der Waals surface area contributed by atoms with Crippen molar-refractivity contribution in [1.29, 1.82) is 0 Å². The summed E-state index contributed by atoms with van der Waals surface area (Å²) >= 11 is 0. The van der Waals surface area contributed by atoms with Gasteiger partial charge in [0.05, 0.1) is 5.69 Å². The quantitative estimate of drug-likeness (QED) is 0.129.